The van der Waals surface area contributed by atoms with Crippen molar-refractivity contribution in [1.29, 1.82) is 0 Å². The fraction of sp³-hybridized carbons (Fsp3) is 0.316. The van der Waals surface area contributed by atoms with Crippen molar-refractivity contribution in [3.05, 3.63) is 57.9 Å². The predicted molar refractivity (Wildman–Crippen MR) is 105 cm³/mol. The molecule has 136 valence electrons. The summed E-state index contributed by atoms with van der Waals surface area (Å²) in [5, 5.41) is 6.46. The van der Waals surface area contributed by atoms with Gasteiger partial charge in [-0.25, -0.2) is 9.97 Å². The molecule has 0 aliphatic heterocycles. The summed E-state index contributed by atoms with van der Waals surface area (Å²) in [5.74, 6) is 1.42. The molecule has 26 heavy (non-hydrogen) atoms. The van der Waals surface area contributed by atoms with Crippen LogP contribution in [-0.2, 0) is 13.1 Å². The summed E-state index contributed by atoms with van der Waals surface area (Å²) >= 11 is 1.66. The van der Waals surface area contributed by atoms with Crippen molar-refractivity contribution in [2.24, 2.45) is 4.99 Å². The van der Waals surface area contributed by atoms with Gasteiger partial charge in [-0.15, -0.1) is 11.3 Å². The first-order valence-electron chi connectivity index (χ1n) is 8.39. The molecule has 0 radical (unpaired) electrons. The van der Waals surface area contributed by atoms with Crippen LogP contribution in [0.4, 0.5) is 0 Å². The summed E-state index contributed by atoms with van der Waals surface area (Å²) in [7, 11) is 3.76. The van der Waals surface area contributed by atoms with Crippen LogP contribution in [-0.4, -0.2) is 34.9 Å². The zero-order valence-corrected chi connectivity index (χ0v) is 16.3. The summed E-state index contributed by atoms with van der Waals surface area (Å²) in [6.45, 7) is 5.32. The lowest BCUT2D eigenvalue weighted by molar-refractivity contribution is 0.470. The van der Waals surface area contributed by atoms with Crippen LogP contribution in [0.25, 0.3) is 11.5 Å². The van der Waals surface area contributed by atoms with Crippen LogP contribution >= 0.6 is 11.3 Å². The lowest BCUT2D eigenvalue weighted by Gasteiger charge is -2.20. The lowest BCUT2D eigenvalue weighted by Crippen LogP contribution is -2.38. The van der Waals surface area contributed by atoms with Gasteiger partial charge in [-0.3, -0.25) is 4.99 Å². The number of thiazole rings is 1. The van der Waals surface area contributed by atoms with Crippen LogP contribution in [0, 0.1) is 13.8 Å². The molecule has 0 spiro atoms. The number of hydrogen-bond acceptors (Lipinski definition) is 5. The fourth-order valence-electron chi connectivity index (χ4n) is 2.57. The molecule has 7 heteroatoms. The first-order chi connectivity index (χ1) is 12.5. The van der Waals surface area contributed by atoms with Crippen LogP contribution in [0.1, 0.15) is 22.0 Å². The van der Waals surface area contributed by atoms with Gasteiger partial charge in [0.15, 0.2) is 5.96 Å². The molecule has 0 amide bonds. The van der Waals surface area contributed by atoms with Crippen molar-refractivity contribution in [3.63, 3.8) is 0 Å². The quantitative estimate of drug-likeness (QED) is 0.550. The molecule has 0 aliphatic carbocycles. The van der Waals surface area contributed by atoms with Crippen LogP contribution in [0.15, 0.2) is 45.3 Å². The molecule has 6 nitrogen and oxygen atoms in total. The molecule has 1 N–H and O–H groups in total. The van der Waals surface area contributed by atoms with Crippen LogP contribution < -0.4 is 5.32 Å². The summed E-state index contributed by atoms with van der Waals surface area (Å²) in [6, 6.07) is 8.13. The normalized spacial score (nSPS) is 11.6. The molecule has 3 aromatic rings. The summed E-state index contributed by atoms with van der Waals surface area (Å²) < 4.78 is 5.60. The van der Waals surface area contributed by atoms with E-state index >= 15 is 0 Å². The largest absolute Gasteiger partial charge is 0.444 e. The molecule has 2 aromatic heterocycles. The Labute approximate surface area is 157 Å². The predicted octanol–water partition coefficient (Wildman–Crippen LogP) is 3.62. The highest BCUT2D eigenvalue weighted by Gasteiger charge is 2.11. The number of benzene rings is 1. The van der Waals surface area contributed by atoms with E-state index in [9.17, 15) is 0 Å². The summed E-state index contributed by atoms with van der Waals surface area (Å²) in [5.41, 5.74) is 4.06. The van der Waals surface area contributed by atoms with Crippen LogP contribution in [0.2, 0.25) is 0 Å². The van der Waals surface area contributed by atoms with Gasteiger partial charge in [-0.1, -0.05) is 17.7 Å². The molecular weight excluding hydrogens is 346 g/mol. The van der Waals surface area contributed by atoms with Gasteiger partial charge in [0.25, 0.3) is 0 Å². The maximum absolute atomic E-state index is 5.60. The highest BCUT2D eigenvalue weighted by Crippen LogP contribution is 2.19. The fourth-order valence-corrected chi connectivity index (χ4v) is 3.17. The van der Waals surface area contributed by atoms with Crippen molar-refractivity contribution < 1.29 is 4.42 Å². The first kappa shape index (κ1) is 18.1. The van der Waals surface area contributed by atoms with E-state index in [0.29, 0.717) is 19.0 Å². The Morgan fingerprint density at radius 3 is 2.62 bits per heavy atom. The molecule has 0 fully saturated rings. The number of nitrogens with zero attached hydrogens (tertiary/aromatic N) is 4. The van der Waals surface area contributed by atoms with Gasteiger partial charge in [0.1, 0.15) is 6.26 Å². The molecule has 0 unspecified atom stereocenters. The molecule has 0 saturated carbocycles. The Bertz CT molecular complexity index is 881. The van der Waals surface area contributed by atoms with Crippen LogP contribution in [0.3, 0.4) is 0 Å². The van der Waals surface area contributed by atoms with E-state index in [1.807, 2.05) is 31.0 Å². The van der Waals surface area contributed by atoms with E-state index in [1.54, 1.807) is 24.6 Å². The van der Waals surface area contributed by atoms with Gasteiger partial charge in [-0.05, 0) is 26.0 Å². The number of aryl methyl sites for hydroxylation is 2. The molecular formula is C19H23N5OS. The highest BCUT2D eigenvalue weighted by atomic mass is 32.1. The smallest absolute Gasteiger partial charge is 0.226 e. The minimum atomic E-state index is 0.544. The second-order valence-corrected chi connectivity index (χ2v) is 7.19. The maximum Gasteiger partial charge on any atom is 0.226 e. The van der Waals surface area contributed by atoms with Gasteiger partial charge in [0.2, 0.25) is 5.89 Å². The molecule has 1 aromatic carbocycles. The van der Waals surface area contributed by atoms with Crippen molar-refractivity contribution >= 4 is 17.3 Å². The van der Waals surface area contributed by atoms with Crippen LogP contribution in [0.5, 0.6) is 0 Å². The zero-order valence-electron chi connectivity index (χ0n) is 15.5. The average molecular weight is 369 g/mol. The van der Waals surface area contributed by atoms with E-state index in [4.69, 9.17) is 4.42 Å². The third-order valence-electron chi connectivity index (χ3n) is 3.92. The second kappa shape index (κ2) is 8.14. The minimum Gasteiger partial charge on any atom is -0.444 e. The number of guanidine groups is 1. The zero-order chi connectivity index (χ0) is 18.5. The van der Waals surface area contributed by atoms with Crippen molar-refractivity contribution in [1.82, 2.24) is 20.2 Å². The topological polar surface area (TPSA) is 66.6 Å². The monoisotopic (exact) mass is 369 g/mol. The highest BCUT2D eigenvalue weighted by molar-refractivity contribution is 7.09. The second-order valence-electron chi connectivity index (χ2n) is 6.12. The number of rotatable bonds is 5. The Morgan fingerprint density at radius 1 is 1.19 bits per heavy atom. The third kappa shape index (κ3) is 4.49. The Hall–Kier alpha value is -2.67. The molecule has 0 saturated heterocycles. The van der Waals surface area contributed by atoms with E-state index < -0.39 is 0 Å². The Balaban J connectivity index is 1.59. The Morgan fingerprint density at radius 2 is 1.96 bits per heavy atom. The standard InChI is InChI=1S/C19H23N5OS/c1-13-5-7-15(8-6-13)18-23-16(11-25-18)9-21-19(20-3)24(4)10-17-12-26-14(2)22-17/h5-8,11-12H,9-10H2,1-4H3,(H,20,21). The SMILES string of the molecule is CN=C(NCc1coc(-c2ccc(C)cc2)n1)N(C)Cc1csc(C)n1. The molecule has 0 atom stereocenters. The van der Waals surface area contributed by atoms with Gasteiger partial charge < -0.3 is 14.6 Å². The number of nitrogens with one attached hydrogen (secondary N) is 1. The third-order valence-corrected chi connectivity index (χ3v) is 4.74. The number of aliphatic imine (C=N–C) groups is 1. The van der Waals surface area contributed by atoms with Gasteiger partial charge in [0.05, 0.1) is 29.5 Å². The maximum atomic E-state index is 5.60. The van der Waals surface area contributed by atoms with E-state index in [2.05, 4.69) is 44.7 Å². The van der Waals surface area contributed by atoms with Crippen molar-refractivity contribution in [2.45, 2.75) is 26.9 Å². The molecule has 2 heterocycles. The summed E-state index contributed by atoms with van der Waals surface area (Å²) in [4.78, 5) is 15.4. The van der Waals surface area contributed by atoms with Gasteiger partial charge in [-0.2, -0.15) is 0 Å². The lowest BCUT2D eigenvalue weighted by atomic mass is 10.1. The van der Waals surface area contributed by atoms with Crippen molar-refractivity contribution in [3.8, 4) is 11.5 Å². The number of hydrogen-bond donors (Lipinski definition) is 1. The van der Waals surface area contributed by atoms with Crippen molar-refractivity contribution in [2.75, 3.05) is 14.1 Å². The summed E-state index contributed by atoms with van der Waals surface area (Å²) in [6.07, 6.45) is 1.68. The van der Waals surface area contributed by atoms with E-state index in [0.717, 1.165) is 27.9 Å². The number of aromatic nitrogens is 2. The first-order valence-corrected chi connectivity index (χ1v) is 9.27. The molecule has 3 rings (SSSR count). The minimum absolute atomic E-state index is 0.544. The average Bonchev–Trinajstić information content (AvgIpc) is 3.25. The van der Waals surface area contributed by atoms with E-state index in [-0.39, 0.29) is 0 Å². The molecule has 0 aliphatic rings. The van der Waals surface area contributed by atoms with Gasteiger partial charge in [0, 0.05) is 25.0 Å². The Kier molecular flexibility index (Phi) is 5.68. The molecule has 0 bridgehead atoms. The van der Waals surface area contributed by atoms with E-state index in [1.165, 1.54) is 5.56 Å². The van der Waals surface area contributed by atoms with Gasteiger partial charge >= 0.3 is 0 Å². The number of oxazole rings is 1.